The van der Waals surface area contributed by atoms with E-state index in [2.05, 4.69) is 4.98 Å². The van der Waals surface area contributed by atoms with Gasteiger partial charge in [-0.15, -0.1) is 0 Å². The van der Waals surface area contributed by atoms with Crippen molar-refractivity contribution < 1.29 is 9.50 Å². The molecule has 23 heavy (non-hydrogen) atoms. The average Bonchev–Trinajstić information content (AvgIpc) is 2.56. The van der Waals surface area contributed by atoms with Crippen LogP contribution in [0.5, 0.6) is 0 Å². The van der Waals surface area contributed by atoms with Crippen molar-refractivity contribution in [3.05, 3.63) is 60.2 Å². The van der Waals surface area contributed by atoms with Gasteiger partial charge in [0.2, 0.25) is 0 Å². The lowest BCUT2D eigenvalue weighted by Gasteiger charge is -2.48. The number of aliphatic hydroxyl groups is 1. The van der Waals surface area contributed by atoms with E-state index in [0.717, 1.165) is 5.56 Å². The van der Waals surface area contributed by atoms with Gasteiger partial charge in [0.15, 0.2) is 5.82 Å². The Morgan fingerprint density at radius 3 is 2.65 bits per heavy atom. The molecule has 0 bridgehead atoms. The van der Waals surface area contributed by atoms with E-state index in [-0.39, 0.29) is 11.9 Å². The summed E-state index contributed by atoms with van der Waals surface area (Å²) in [6.07, 6.45) is 3.38. The zero-order valence-corrected chi connectivity index (χ0v) is 13.5. The van der Waals surface area contributed by atoms with Gasteiger partial charge in [0.1, 0.15) is 5.60 Å². The third-order valence-corrected chi connectivity index (χ3v) is 4.70. The number of likely N-dealkylation sites (N-methyl/N-ethyl adjacent to an activating group) is 1. The van der Waals surface area contributed by atoms with E-state index in [4.69, 9.17) is 0 Å². The van der Waals surface area contributed by atoms with E-state index in [1.165, 1.54) is 6.20 Å². The molecule has 0 saturated carbocycles. The predicted molar refractivity (Wildman–Crippen MR) is 88.8 cm³/mol. The second kappa shape index (κ2) is 6.26. The van der Waals surface area contributed by atoms with Gasteiger partial charge in [0.25, 0.3) is 0 Å². The van der Waals surface area contributed by atoms with Crippen molar-refractivity contribution in [1.82, 2.24) is 9.88 Å². The number of pyridine rings is 1. The fraction of sp³-hybridized carbons (Fsp3) is 0.389. The van der Waals surface area contributed by atoms with Crippen molar-refractivity contribution >= 4 is 5.69 Å². The van der Waals surface area contributed by atoms with Crippen LogP contribution in [0.1, 0.15) is 12.0 Å². The summed E-state index contributed by atoms with van der Waals surface area (Å²) in [6, 6.07) is 11.3. The zero-order valence-electron chi connectivity index (χ0n) is 13.5. The Labute approximate surface area is 136 Å². The van der Waals surface area contributed by atoms with Gasteiger partial charge in [-0.25, -0.2) is 4.39 Å². The van der Waals surface area contributed by atoms with E-state index in [1.54, 1.807) is 12.3 Å². The first-order valence-corrected chi connectivity index (χ1v) is 7.81. The Morgan fingerprint density at radius 2 is 2.00 bits per heavy atom. The number of aromatic nitrogens is 1. The van der Waals surface area contributed by atoms with Crippen molar-refractivity contribution in [2.45, 2.75) is 18.1 Å². The molecule has 0 spiro atoms. The zero-order chi connectivity index (χ0) is 16.4. The summed E-state index contributed by atoms with van der Waals surface area (Å²) in [5.74, 6) is -0.324. The molecule has 1 N–H and O–H groups in total. The highest BCUT2D eigenvalue weighted by atomic mass is 19.1. The van der Waals surface area contributed by atoms with Crippen LogP contribution in [0.25, 0.3) is 0 Å². The Bertz CT molecular complexity index is 664. The van der Waals surface area contributed by atoms with Crippen LogP contribution in [-0.4, -0.2) is 48.2 Å². The summed E-state index contributed by atoms with van der Waals surface area (Å²) in [5.41, 5.74) is 0.514. The van der Waals surface area contributed by atoms with Gasteiger partial charge in [-0.05, 0) is 32.1 Å². The van der Waals surface area contributed by atoms with Crippen LogP contribution < -0.4 is 4.90 Å². The lowest BCUT2D eigenvalue weighted by molar-refractivity contribution is -0.0527. The molecular weight excluding hydrogens is 293 g/mol. The van der Waals surface area contributed by atoms with E-state index in [0.29, 0.717) is 25.2 Å². The highest BCUT2D eigenvalue weighted by molar-refractivity contribution is 5.48. The molecule has 0 unspecified atom stereocenters. The summed E-state index contributed by atoms with van der Waals surface area (Å²) in [7, 11) is 3.90. The lowest BCUT2D eigenvalue weighted by atomic mass is 9.79. The number of halogens is 1. The molecule has 2 atom stereocenters. The molecular formula is C18H22FN3O. The minimum absolute atomic E-state index is 0.133. The summed E-state index contributed by atoms with van der Waals surface area (Å²) in [5, 5.41) is 11.3. The predicted octanol–water partition coefficient (Wildman–Crippen LogP) is 2.25. The van der Waals surface area contributed by atoms with Crippen molar-refractivity contribution in [1.29, 1.82) is 0 Å². The minimum Gasteiger partial charge on any atom is -0.383 e. The van der Waals surface area contributed by atoms with Gasteiger partial charge in [-0.2, -0.15) is 0 Å². The lowest BCUT2D eigenvalue weighted by Crippen LogP contribution is -2.59. The third kappa shape index (κ3) is 2.94. The van der Waals surface area contributed by atoms with Gasteiger partial charge in [0, 0.05) is 19.3 Å². The summed E-state index contributed by atoms with van der Waals surface area (Å²) >= 11 is 0. The quantitative estimate of drug-likeness (QED) is 0.943. The third-order valence-electron chi connectivity index (χ3n) is 4.70. The molecule has 1 saturated heterocycles. The number of hydrogen-bond donors (Lipinski definition) is 1. The normalized spacial score (nSPS) is 24.9. The molecule has 2 heterocycles. The first-order chi connectivity index (χ1) is 11.0. The number of nitrogens with zero attached hydrogens (tertiary/aromatic N) is 3. The number of rotatable bonds is 3. The molecule has 2 aromatic rings. The second-order valence-corrected chi connectivity index (χ2v) is 6.29. The summed E-state index contributed by atoms with van der Waals surface area (Å²) in [4.78, 5) is 7.81. The number of anilines is 1. The van der Waals surface area contributed by atoms with Crippen molar-refractivity contribution in [3.8, 4) is 0 Å². The second-order valence-electron chi connectivity index (χ2n) is 6.29. The standard InChI is InChI=1S/C18H22FN3O/c1-21(2)17-13-22(16-8-10-20-12-15(16)19)11-9-18(17,23)14-6-4-3-5-7-14/h3-8,10,12,17,23H,9,11,13H2,1-2H3/t17-,18+/m1/s1. The highest BCUT2D eigenvalue weighted by Crippen LogP contribution is 2.37. The molecule has 122 valence electrons. The molecule has 3 rings (SSSR count). The van der Waals surface area contributed by atoms with Gasteiger partial charge < -0.3 is 14.9 Å². The monoisotopic (exact) mass is 315 g/mol. The van der Waals surface area contributed by atoms with Crippen LogP contribution in [0.4, 0.5) is 10.1 Å². The Balaban J connectivity index is 1.92. The fourth-order valence-corrected chi connectivity index (χ4v) is 3.42. The average molecular weight is 315 g/mol. The molecule has 1 aliphatic heterocycles. The van der Waals surface area contributed by atoms with Crippen LogP contribution in [0.2, 0.25) is 0 Å². The molecule has 4 nitrogen and oxygen atoms in total. The van der Waals surface area contributed by atoms with Gasteiger partial charge >= 0.3 is 0 Å². The SMILES string of the molecule is CN(C)[C@@H]1CN(c2ccncc2F)CC[C@]1(O)c1ccccc1. The summed E-state index contributed by atoms with van der Waals surface area (Å²) < 4.78 is 14.0. The first-order valence-electron chi connectivity index (χ1n) is 7.81. The number of piperidine rings is 1. The molecule has 1 aliphatic rings. The number of hydrogen-bond acceptors (Lipinski definition) is 4. The molecule has 1 aromatic heterocycles. The maximum Gasteiger partial charge on any atom is 0.164 e. The summed E-state index contributed by atoms with van der Waals surface area (Å²) in [6.45, 7) is 1.15. The van der Waals surface area contributed by atoms with E-state index in [1.807, 2.05) is 54.2 Å². The molecule has 0 aliphatic carbocycles. The van der Waals surface area contributed by atoms with Crippen molar-refractivity contribution in [3.63, 3.8) is 0 Å². The molecule has 0 radical (unpaired) electrons. The van der Waals surface area contributed by atoms with Gasteiger partial charge in [0.05, 0.1) is 17.9 Å². The fourth-order valence-electron chi connectivity index (χ4n) is 3.42. The molecule has 5 heteroatoms. The Hall–Kier alpha value is -1.98. The smallest absolute Gasteiger partial charge is 0.164 e. The highest BCUT2D eigenvalue weighted by Gasteiger charge is 2.44. The largest absolute Gasteiger partial charge is 0.383 e. The van der Waals surface area contributed by atoms with Gasteiger partial charge in [-0.3, -0.25) is 4.98 Å². The van der Waals surface area contributed by atoms with Crippen LogP contribution in [-0.2, 0) is 5.60 Å². The maximum atomic E-state index is 14.0. The van der Waals surface area contributed by atoms with Crippen molar-refractivity contribution in [2.75, 3.05) is 32.1 Å². The minimum atomic E-state index is -0.940. The Morgan fingerprint density at radius 1 is 1.26 bits per heavy atom. The van der Waals surface area contributed by atoms with Crippen LogP contribution in [0, 0.1) is 5.82 Å². The van der Waals surface area contributed by atoms with Crippen LogP contribution in [0.15, 0.2) is 48.8 Å². The molecule has 1 fully saturated rings. The van der Waals surface area contributed by atoms with Crippen LogP contribution >= 0.6 is 0 Å². The topological polar surface area (TPSA) is 39.6 Å². The van der Waals surface area contributed by atoms with E-state index >= 15 is 0 Å². The Kier molecular flexibility index (Phi) is 4.33. The maximum absolute atomic E-state index is 14.0. The van der Waals surface area contributed by atoms with Crippen molar-refractivity contribution in [2.24, 2.45) is 0 Å². The number of benzene rings is 1. The molecule has 0 amide bonds. The molecule has 1 aromatic carbocycles. The van der Waals surface area contributed by atoms with E-state index in [9.17, 15) is 9.50 Å². The first kappa shape index (κ1) is 15.9. The van der Waals surface area contributed by atoms with E-state index < -0.39 is 5.60 Å². The van der Waals surface area contributed by atoms with Gasteiger partial charge in [-0.1, -0.05) is 30.3 Å². The van der Waals surface area contributed by atoms with Crippen LogP contribution in [0.3, 0.4) is 0 Å².